The maximum absolute atomic E-state index is 13.6. The molecule has 5 aromatic rings. The van der Waals surface area contributed by atoms with Crippen LogP contribution in [0.25, 0.3) is 6.08 Å². The second kappa shape index (κ2) is 15.9. The van der Waals surface area contributed by atoms with Gasteiger partial charge in [0.1, 0.15) is 16.8 Å². The molecule has 3 N–H and O–H groups in total. The number of hydrogen-bond donors (Lipinski definition) is 3. The van der Waals surface area contributed by atoms with Gasteiger partial charge in [-0.25, -0.2) is 0 Å². The van der Waals surface area contributed by atoms with Crippen LogP contribution in [0.3, 0.4) is 0 Å². The van der Waals surface area contributed by atoms with Crippen LogP contribution in [-0.4, -0.2) is 23.0 Å². The van der Waals surface area contributed by atoms with E-state index in [-0.39, 0.29) is 11.6 Å². The third kappa shape index (κ3) is 8.40. The first-order valence-electron chi connectivity index (χ1n) is 16.4. The van der Waals surface area contributed by atoms with Gasteiger partial charge in [0.25, 0.3) is 11.8 Å². The Labute approximate surface area is 300 Å². The van der Waals surface area contributed by atoms with Crippen LogP contribution < -0.4 is 16.0 Å². The first kappa shape index (κ1) is 34.4. The van der Waals surface area contributed by atoms with Crippen molar-refractivity contribution in [3.05, 3.63) is 153 Å². The van der Waals surface area contributed by atoms with Crippen molar-refractivity contribution in [3.63, 3.8) is 0 Å². The molecule has 0 saturated carbocycles. The number of nitrogens with one attached hydrogen (secondary N) is 3. The summed E-state index contributed by atoms with van der Waals surface area (Å²) in [6.45, 7) is 3.80. The van der Waals surface area contributed by atoms with Gasteiger partial charge in [-0.15, -0.1) is 23.1 Å². The highest BCUT2D eigenvalue weighted by Crippen LogP contribution is 2.42. The zero-order valence-corrected chi connectivity index (χ0v) is 29.4. The lowest BCUT2D eigenvalue weighted by atomic mass is 9.83. The fourth-order valence-electron chi connectivity index (χ4n) is 5.89. The Balaban J connectivity index is 1.12. The van der Waals surface area contributed by atoms with Gasteiger partial charge in [-0.3, -0.25) is 14.4 Å². The molecule has 0 bridgehead atoms. The van der Waals surface area contributed by atoms with Gasteiger partial charge in [-0.2, -0.15) is 5.26 Å². The molecule has 2 unspecified atom stereocenters. The van der Waals surface area contributed by atoms with E-state index in [1.807, 2.05) is 56.3 Å². The molecule has 1 aliphatic rings. The summed E-state index contributed by atoms with van der Waals surface area (Å²) in [6.07, 6.45) is 4.28. The Morgan fingerprint density at radius 3 is 2.36 bits per heavy atom. The molecule has 1 heterocycles. The number of carbonyl (C=O) groups excluding carboxylic acids is 3. The summed E-state index contributed by atoms with van der Waals surface area (Å²) in [5.41, 5.74) is 5.81. The minimum atomic E-state index is -0.483. The van der Waals surface area contributed by atoms with Crippen LogP contribution in [0.15, 0.2) is 120 Å². The van der Waals surface area contributed by atoms with Crippen LogP contribution in [0.1, 0.15) is 62.3 Å². The molecule has 50 heavy (non-hydrogen) atoms. The fourth-order valence-corrected chi connectivity index (χ4v) is 8.10. The number of hydrogen-bond acceptors (Lipinski definition) is 6. The number of anilines is 2. The molecule has 1 aromatic heterocycles. The molecule has 0 spiro atoms. The number of nitrogens with zero attached hydrogens (tertiary/aromatic N) is 1. The summed E-state index contributed by atoms with van der Waals surface area (Å²) in [7, 11) is 0. The molecule has 6 rings (SSSR count). The summed E-state index contributed by atoms with van der Waals surface area (Å²) in [5.74, 6) is -0.687. The van der Waals surface area contributed by atoms with Gasteiger partial charge in [0, 0.05) is 21.0 Å². The van der Waals surface area contributed by atoms with Crippen molar-refractivity contribution >= 4 is 57.6 Å². The Morgan fingerprint density at radius 1 is 0.920 bits per heavy atom. The SMILES string of the molecule is Cc1ccc(/C=C(\NC(=O)c2ccccc2)C(=O)Nc2cccc(SC(C)C(=O)Nc3sc4c(c3C#N)CCC(c3ccccc3)C4)c2)cc1. The van der Waals surface area contributed by atoms with Gasteiger partial charge in [0.2, 0.25) is 5.91 Å². The van der Waals surface area contributed by atoms with Gasteiger partial charge >= 0.3 is 0 Å². The molecule has 1 aliphatic carbocycles. The van der Waals surface area contributed by atoms with Gasteiger partial charge in [0.15, 0.2) is 0 Å². The zero-order chi connectivity index (χ0) is 35.0. The van der Waals surface area contributed by atoms with E-state index in [9.17, 15) is 19.6 Å². The second-order valence-electron chi connectivity index (χ2n) is 12.2. The monoisotopic (exact) mass is 696 g/mol. The number of nitriles is 1. The van der Waals surface area contributed by atoms with E-state index < -0.39 is 17.1 Å². The predicted molar refractivity (Wildman–Crippen MR) is 202 cm³/mol. The van der Waals surface area contributed by atoms with E-state index in [0.29, 0.717) is 27.7 Å². The van der Waals surface area contributed by atoms with Gasteiger partial charge in [-0.1, -0.05) is 84.4 Å². The maximum atomic E-state index is 13.6. The van der Waals surface area contributed by atoms with Crippen LogP contribution >= 0.6 is 23.1 Å². The summed E-state index contributed by atoms with van der Waals surface area (Å²) in [4.78, 5) is 41.9. The number of benzene rings is 4. The van der Waals surface area contributed by atoms with Crippen molar-refractivity contribution < 1.29 is 14.4 Å². The van der Waals surface area contributed by atoms with Crippen molar-refractivity contribution in [2.45, 2.75) is 49.2 Å². The topological polar surface area (TPSA) is 111 Å². The second-order valence-corrected chi connectivity index (χ2v) is 14.7. The first-order valence-corrected chi connectivity index (χ1v) is 18.1. The van der Waals surface area contributed by atoms with Crippen LogP contribution in [0.4, 0.5) is 10.7 Å². The summed E-state index contributed by atoms with van der Waals surface area (Å²) >= 11 is 2.86. The minimum Gasteiger partial charge on any atom is -0.321 e. The third-order valence-corrected chi connectivity index (χ3v) is 10.8. The molecule has 0 fully saturated rings. The Hall–Kier alpha value is -5.43. The Bertz CT molecular complexity index is 2080. The van der Waals surface area contributed by atoms with Crippen molar-refractivity contribution in [1.29, 1.82) is 5.26 Å². The molecule has 0 aliphatic heterocycles. The molecule has 4 aromatic carbocycles. The molecule has 7 nitrogen and oxygen atoms in total. The normalized spacial score (nSPS) is 14.5. The van der Waals surface area contributed by atoms with E-state index in [1.165, 1.54) is 28.7 Å². The summed E-state index contributed by atoms with van der Waals surface area (Å²) < 4.78 is 0. The average Bonchev–Trinajstić information content (AvgIpc) is 3.49. The predicted octanol–water partition coefficient (Wildman–Crippen LogP) is 8.73. The summed E-state index contributed by atoms with van der Waals surface area (Å²) in [6, 6.07) is 36.4. The highest BCUT2D eigenvalue weighted by Gasteiger charge is 2.28. The van der Waals surface area contributed by atoms with E-state index in [2.05, 4.69) is 46.3 Å². The van der Waals surface area contributed by atoms with Crippen molar-refractivity contribution in [2.24, 2.45) is 0 Å². The fraction of sp³-hybridized carbons (Fsp3) is 0.171. The third-order valence-electron chi connectivity index (χ3n) is 8.58. The lowest BCUT2D eigenvalue weighted by Crippen LogP contribution is -2.30. The smallest absolute Gasteiger partial charge is 0.272 e. The van der Waals surface area contributed by atoms with Gasteiger partial charge < -0.3 is 16.0 Å². The maximum Gasteiger partial charge on any atom is 0.272 e. The molecule has 250 valence electrons. The number of carbonyl (C=O) groups is 3. The van der Waals surface area contributed by atoms with Crippen LogP contribution in [0.2, 0.25) is 0 Å². The van der Waals surface area contributed by atoms with Crippen LogP contribution in [-0.2, 0) is 22.4 Å². The first-order chi connectivity index (χ1) is 24.3. The minimum absolute atomic E-state index is 0.0931. The van der Waals surface area contributed by atoms with Crippen molar-refractivity contribution in [1.82, 2.24) is 5.32 Å². The quantitative estimate of drug-likeness (QED) is 0.0999. The molecule has 3 amide bonds. The van der Waals surface area contributed by atoms with E-state index in [4.69, 9.17) is 0 Å². The standard InChI is InChI=1S/C41H36N4O3S2/c1-26-16-18-28(19-17-26)22-36(44-39(47)30-12-7-4-8-13-30)40(48)43-32-14-9-15-33(24-32)49-27(2)38(46)45-41-35(25-42)34-21-20-31(23-37(34)50-41)29-10-5-3-6-11-29/h3-19,22,24,27,31H,20-21,23H2,1-2H3,(H,43,48)(H,44,47)(H,45,46)/b36-22-. The van der Waals surface area contributed by atoms with E-state index in [0.717, 1.165) is 45.7 Å². The highest BCUT2D eigenvalue weighted by atomic mass is 32.2. The Kier molecular flexibility index (Phi) is 10.9. The average molecular weight is 697 g/mol. The zero-order valence-electron chi connectivity index (χ0n) is 27.7. The highest BCUT2D eigenvalue weighted by molar-refractivity contribution is 8.00. The molecule has 0 saturated heterocycles. The number of thioether (sulfide) groups is 1. The van der Waals surface area contributed by atoms with E-state index >= 15 is 0 Å². The molecule has 2 atom stereocenters. The number of amides is 3. The largest absolute Gasteiger partial charge is 0.321 e. The van der Waals surface area contributed by atoms with Crippen LogP contribution in [0, 0.1) is 18.3 Å². The molecular weight excluding hydrogens is 661 g/mol. The number of fused-ring (bicyclic) bond motifs is 1. The van der Waals surface area contributed by atoms with Gasteiger partial charge in [0.05, 0.1) is 10.8 Å². The molecule has 0 radical (unpaired) electrons. The molecule has 9 heteroatoms. The Morgan fingerprint density at radius 2 is 1.64 bits per heavy atom. The van der Waals surface area contributed by atoms with Crippen molar-refractivity contribution in [3.8, 4) is 6.07 Å². The molecular formula is C41H36N4O3S2. The van der Waals surface area contributed by atoms with E-state index in [1.54, 1.807) is 48.5 Å². The van der Waals surface area contributed by atoms with Gasteiger partial charge in [-0.05, 0) is 92.1 Å². The summed E-state index contributed by atoms with van der Waals surface area (Å²) in [5, 5.41) is 18.8. The number of aryl methyl sites for hydroxylation is 1. The number of thiophene rings is 1. The van der Waals surface area contributed by atoms with Crippen molar-refractivity contribution in [2.75, 3.05) is 10.6 Å². The van der Waals surface area contributed by atoms with Crippen LogP contribution in [0.5, 0.6) is 0 Å². The number of rotatable bonds is 10. The lowest BCUT2D eigenvalue weighted by Gasteiger charge is -2.22. The lowest BCUT2D eigenvalue weighted by molar-refractivity contribution is -0.115.